The summed E-state index contributed by atoms with van der Waals surface area (Å²) in [5.41, 5.74) is 0.644. The van der Waals surface area contributed by atoms with E-state index in [2.05, 4.69) is 26.3 Å². The van der Waals surface area contributed by atoms with Gasteiger partial charge in [-0.2, -0.15) is 0 Å². The predicted octanol–water partition coefficient (Wildman–Crippen LogP) is 3.23. The number of rotatable bonds is 12. The molecule has 0 aromatic carbocycles. The van der Waals surface area contributed by atoms with E-state index in [4.69, 9.17) is 18.9 Å². The van der Waals surface area contributed by atoms with Crippen molar-refractivity contribution >= 4 is 23.9 Å². The maximum atomic E-state index is 11.2. The molecule has 0 saturated carbocycles. The first kappa shape index (κ1) is 29.0. The molecule has 2 atom stereocenters. The largest absolute Gasteiger partial charge is 0.462 e. The molecule has 0 aromatic heterocycles. The first-order chi connectivity index (χ1) is 14.0. The van der Waals surface area contributed by atoms with Crippen molar-refractivity contribution < 1.29 is 38.1 Å². The highest BCUT2D eigenvalue weighted by atomic mass is 16.6. The molecule has 168 valence electrons. The lowest BCUT2D eigenvalue weighted by Crippen LogP contribution is -2.25. The van der Waals surface area contributed by atoms with Gasteiger partial charge in [-0.1, -0.05) is 33.2 Å². The zero-order chi connectivity index (χ0) is 23.7. The fourth-order valence-corrected chi connectivity index (χ4v) is 1.47. The number of ether oxygens (including phenoxy) is 4. The topological polar surface area (TPSA) is 105 Å². The average Bonchev–Trinajstić information content (AvgIpc) is 2.70. The second-order valence-corrected chi connectivity index (χ2v) is 6.21. The Morgan fingerprint density at radius 1 is 0.867 bits per heavy atom. The van der Waals surface area contributed by atoms with Crippen LogP contribution in [0.15, 0.2) is 49.6 Å². The summed E-state index contributed by atoms with van der Waals surface area (Å²) in [7, 11) is 0. The van der Waals surface area contributed by atoms with Crippen molar-refractivity contribution in [3.8, 4) is 0 Å². The predicted molar refractivity (Wildman–Crippen MR) is 112 cm³/mol. The standard InChI is InChI=1S/C12H18O4.C10H14O4/c1-6-10(16-12(14)9(4)5)7-15-11(13)8(2)3;1-4-9(11)13-7-6-8(3)14-10(12)5-2/h10H,2,4,6-7H2,1,3,5H3;4-5,8H,1-2,6-7H2,3H3. The van der Waals surface area contributed by atoms with Crippen LogP contribution in [-0.4, -0.2) is 49.3 Å². The molecule has 8 heteroatoms. The minimum absolute atomic E-state index is 0.0429. The molecule has 0 aromatic rings. The molecule has 0 amide bonds. The molecule has 0 rings (SSSR count). The Kier molecular flexibility index (Phi) is 16.2. The summed E-state index contributed by atoms with van der Waals surface area (Å²) >= 11 is 0. The summed E-state index contributed by atoms with van der Waals surface area (Å²) in [5.74, 6) is -1.91. The summed E-state index contributed by atoms with van der Waals surface area (Å²) in [6, 6.07) is 0. The number of hydrogen-bond donors (Lipinski definition) is 0. The maximum absolute atomic E-state index is 11.2. The third-order valence-corrected chi connectivity index (χ3v) is 3.25. The van der Waals surface area contributed by atoms with E-state index in [1.165, 1.54) is 0 Å². The van der Waals surface area contributed by atoms with Crippen LogP contribution in [-0.2, 0) is 38.1 Å². The van der Waals surface area contributed by atoms with E-state index in [1.807, 2.05) is 6.92 Å². The summed E-state index contributed by atoms with van der Waals surface area (Å²) < 4.78 is 19.5. The van der Waals surface area contributed by atoms with Gasteiger partial charge < -0.3 is 18.9 Å². The Hall–Kier alpha value is -3.16. The van der Waals surface area contributed by atoms with Crippen LogP contribution in [0.1, 0.15) is 40.5 Å². The van der Waals surface area contributed by atoms with Gasteiger partial charge in [0, 0.05) is 29.7 Å². The fraction of sp³-hybridized carbons (Fsp3) is 0.455. The Bertz CT molecular complexity index is 648. The molecule has 0 bridgehead atoms. The van der Waals surface area contributed by atoms with E-state index in [-0.39, 0.29) is 19.3 Å². The van der Waals surface area contributed by atoms with Crippen LogP contribution >= 0.6 is 0 Å². The third kappa shape index (κ3) is 15.9. The maximum Gasteiger partial charge on any atom is 0.333 e. The second-order valence-electron chi connectivity index (χ2n) is 6.21. The third-order valence-electron chi connectivity index (χ3n) is 3.25. The molecule has 0 heterocycles. The van der Waals surface area contributed by atoms with Crippen molar-refractivity contribution in [1.82, 2.24) is 0 Å². The molecule has 0 aliphatic rings. The highest BCUT2D eigenvalue weighted by Crippen LogP contribution is 2.05. The van der Waals surface area contributed by atoms with Crippen molar-refractivity contribution in [1.29, 1.82) is 0 Å². The van der Waals surface area contributed by atoms with Crippen LogP contribution < -0.4 is 0 Å². The summed E-state index contributed by atoms with van der Waals surface area (Å²) in [6.45, 7) is 20.4. The first-order valence-electron chi connectivity index (χ1n) is 9.29. The second kappa shape index (κ2) is 16.8. The molecular weight excluding hydrogens is 392 g/mol. The van der Waals surface area contributed by atoms with E-state index in [9.17, 15) is 19.2 Å². The highest BCUT2D eigenvalue weighted by Gasteiger charge is 2.15. The quantitative estimate of drug-likeness (QED) is 0.267. The molecule has 0 saturated heterocycles. The molecular formula is C22H32O8. The van der Waals surface area contributed by atoms with Gasteiger partial charge in [0.1, 0.15) is 18.8 Å². The van der Waals surface area contributed by atoms with Gasteiger partial charge in [0.2, 0.25) is 0 Å². The molecule has 0 N–H and O–H groups in total. The number of hydrogen-bond acceptors (Lipinski definition) is 8. The first-order valence-corrected chi connectivity index (χ1v) is 9.29. The monoisotopic (exact) mass is 424 g/mol. The molecule has 2 unspecified atom stereocenters. The lowest BCUT2D eigenvalue weighted by atomic mass is 10.3. The fourth-order valence-electron chi connectivity index (χ4n) is 1.47. The van der Waals surface area contributed by atoms with Crippen LogP contribution in [0.25, 0.3) is 0 Å². The lowest BCUT2D eigenvalue weighted by molar-refractivity contribution is -0.154. The SMILES string of the molecule is C=C(C)C(=O)OCC(CC)OC(=O)C(=C)C.C=CC(=O)OCCC(C)OC(=O)C=C. The molecule has 0 fully saturated rings. The van der Waals surface area contributed by atoms with Crippen molar-refractivity contribution in [2.75, 3.05) is 13.2 Å². The lowest BCUT2D eigenvalue weighted by Gasteiger charge is -2.16. The zero-order valence-corrected chi connectivity index (χ0v) is 18.2. The summed E-state index contributed by atoms with van der Waals surface area (Å²) in [5, 5.41) is 0. The Morgan fingerprint density at radius 3 is 1.83 bits per heavy atom. The number of carbonyl (C=O) groups excluding carboxylic acids is 4. The van der Waals surface area contributed by atoms with Gasteiger partial charge in [-0.15, -0.1) is 0 Å². The Balaban J connectivity index is 0. The minimum atomic E-state index is -0.482. The molecule has 0 radical (unpaired) electrons. The van der Waals surface area contributed by atoms with E-state index in [0.717, 1.165) is 12.2 Å². The Labute approximate surface area is 178 Å². The summed E-state index contributed by atoms with van der Waals surface area (Å²) in [6.07, 6.45) is 2.47. The number of carbonyl (C=O) groups is 4. The zero-order valence-electron chi connectivity index (χ0n) is 18.2. The van der Waals surface area contributed by atoms with Gasteiger partial charge >= 0.3 is 23.9 Å². The molecule has 0 spiro atoms. The van der Waals surface area contributed by atoms with Gasteiger partial charge in [0.05, 0.1) is 6.61 Å². The van der Waals surface area contributed by atoms with Crippen molar-refractivity contribution in [3.63, 3.8) is 0 Å². The Morgan fingerprint density at radius 2 is 1.40 bits per heavy atom. The molecule has 30 heavy (non-hydrogen) atoms. The molecule has 8 nitrogen and oxygen atoms in total. The van der Waals surface area contributed by atoms with Crippen LogP contribution in [0.5, 0.6) is 0 Å². The van der Waals surface area contributed by atoms with E-state index in [1.54, 1.807) is 20.8 Å². The van der Waals surface area contributed by atoms with Crippen molar-refractivity contribution in [3.05, 3.63) is 49.6 Å². The molecule has 0 aliphatic heterocycles. The van der Waals surface area contributed by atoms with Crippen LogP contribution in [0.3, 0.4) is 0 Å². The van der Waals surface area contributed by atoms with E-state index in [0.29, 0.717) is 24.0 Å². The van der Waals surface area contributed by atoms with Crippen molar-refractivity contribution in [2.24, 2.45) is 0 Å². The van der Waals surface area contributed by atoms with Crippen LogP contribution in [0, 0.1) is 0 Å². The van der Waals surface area contributed by atoms with Crippen LogP contribution in [0.2, 0.25) is 0 Å². The highest BCUT2D eigenvalue weighted by molar-refractivity contribution is 5.87. The van der Waals surface area contributed by atoms with Gasteiger partial charge in [-0.3, -0.25) is 0 Å². The average molecular weight is 424 g/mol. The minimum Gasteiger partial charge on any atom is -0.462 e. The van der Waals surface area contributed by atoms with Crippen LogP contribution in [0.4, 0.5) is 0 Å². The smallest absolute Gasteiger partial charge is 0.333 e. The van der Waals surface area contributed by atoms with E-state index < -0.39 is 30.0 Å². The number of esters is 4. The van der Waals surface area contributed by atoms with Gasteiger partial charge in [0.15, 0.2) is 0 Å². The molecule has 0 aliphatic carbocycles. The van der Waals surface area contributed by atoms with Crippen molar-refractivity contribution in [2.45, 2.75) is 52.7 Å². The van der Waals surface area contributed by atoms with Gasteiger partial charge in [-0.25, -0.2) is 19.2 Å². The van der Waals surface area contributed by atoms with Gasteiger partial charge in [-0.05, 0) is 27.2 Å². The normalized spacial score (nSPS) is 11.3. The van der Waals surface area contributed by atoms with Gasteiger partial charge in [0.25, 0.3) is 0 Å². The van der Waals surface area contributed by atoms with E-state index >= 15 is 0 Å². The summed E-state index contributed by atoms with van der Waals surface area (Å²) in [4.78, 5) is 43.6.